The third-order valence-corrected chi connectivity index (χ3v) is 3.67. The summed E-state index contributed by atoms with van der Waals surface area (Å²) in [6.45, 7) is 2.00. The number of aromatic nitrogens is 2. The molecule has 0 fully saturated rings. The molecule has 21 heavy (non-hydrogen) atoms. The summed E-state index contributed by atoms with van der Waals surface area (Å²) in [4.78, 5) is 29.3. The van der Waals surface area contributed by atoms with E-state index in [1.807, 2.05) is 6.92 Å². The van der Waals surface area contributed by atoms with Crippen molar-refractivity contribution in [2.45, 2.75) is 29.8 Å². The van der Waals surface area contributed by atoms with Crippen molar-refractivity contribution in [3.8, 4) is 0 Å². The Morgan fingerprint density at radius 1 is 1.43 bits per heavy atom. The van der Waals surface area contributed by atoms with E-state index in [2.05, 4.69) is 9.97 Å². The number of hydrogen-bond donors (Lipinski definition) is 2. The molecule has 110 valence electrons. The van der Waals surface area contributed by atoms with Crippen LogP contribution in [0.3, 0.4) is 0 Å². The minimum absolute atomic E-state index is 0.0713. The molecule has 7 nitrogen and oxygen atoms in total. The maximum Gasteiger partial charge on any atom is 0.271 e. The van der Waals surface area contributed by atoms with Crippen molar-refractivity contribution in [2.24, 2.45) is 0 Å². The molecule has 0 aliphatic heterocycles. The first kappa shape index (κ1) is 15.0. The van der Waals surface area contributed by atoms with Crippen LogP contribution in [0.1, 0.15) is 19.0 Å². The zero-order valence-electron chi connectivity index (χ0n) is 11.3. The fraction of sp³-hybridized carbons (Fsp3) is 0.231. The molecule has 3 N–H and O–H groups in total. The van der Waals surface area contributed by atoms with E-state index in [0.29, 0.717) is 22.2 Å². The van der Waals surface area contributed by atoms with Gasteiger partial charge in [0.1, 0.15) is 0 Å². The number of benzene rings is 1. The maximum atomic E-state index is 11.6. The van der Waals surface area contributed by atoms with Gasteiger partial charge in [-0.25, -0.2) is 4.98 Å². The van der Waals surface area contributed by atoms with E-state index in [4.69, 9.17) is 5.73 Å². The minimum Gasteiger partial charge on any atom is -0.398 e. The van der Waals surface area contributed by atoms with Crippen LogP contribution in [0.15, 0.2) is 39.1 Å². The van der Waals surface area contributed by atoms with Crippen molar-refractivity contribution in [1.29, 1.82) is 0 Å². The lowest BCUT2D eigenvalue weighted by atomic mass is 10.2. The number of non-ortho nitro benzene ring substituents is 1. The van der Waals surface area contributed by atoms with Crippen molar-refractivity contribution >= 4 is 23.1 Å². The van der Waals surface area contributed by atoms with Crippen molar-refractivity contribution in [3.05, 3.63) is 50.4 Å². The summed E-state index contributed by atoms with van der Waals surface area (Å²) < 4.78 is 0. The van der Waals surface area contributed by atoms with Crippen LogP contribution in [-0.4, -0.2) is 14.9 Å². The highest BCUT2D eigenvalue weighted by atomic mass is 32.2. The number of nitrogen functional groups attached to an aromatic ring is 1. The molecule has 0 aliphatic rings. The van der Waals surface area contributed by atoms with Crippen molar-refractivity contribution in [2.75, 3.05) is 5.73 Å². The Morgan fingerprint density at radius 2 is 2.19 bits per heavy atom. The first-order valence-corrected chi connectivity index (χ1v) is 7.13. The summed E-state index contributed by atoms with van der Waals surface area (Å²) in [6.07, 6.45) is 1.60. The van der Waals surface area contributed by atoms with Crippen molar-refractivity contribution in [1.82, 2.24) is 9.97 Å². The molecule has 0 unspecified atom stereocenters. The lowest BCUT2D eigenvalue weighted by molar-refractivity contribution is -0.384. The van der Waals surface area contributed by atoms with E-state index in [1.165, 1.54) is 30.0 Å². The molecule has 0 aliphatic carbocycles. The molecule has 0 amide bonds. The Morgan fingerprint density at radius 3 is 2.81 bits per heavy atom. The fourth-order valence-corrected chi connectivity index (χ4v) is 2.60. The minimum atomic E-state index is -0.507. The largest absolute Gasteiger partial charge is 0.398 e. The highest BCUT2D eigenvalue weighted by molar-refractivity contribution is 7.99. The van der Waals surface area contributed by atoms with Crippen LogP contribution in [0.25, 0.3) is 0 Å². The number of nitrogens with one attached hydrogen (secondary N) is 1. The topological polar surface area (TPSA) is 115 Å². The molecule has 0 spiro atoms. The van der Waals surface area contributed by atoms with E-state index in [0.717, 1.165) is 6.42 Å². The van der Waals surface area contributed by atoms with E-state index in [-0.39, 0.29) is 16.9 Å². The Labute approximate surface area is 124 Å². The van der Waals surface area contributed by atoms with Gasteiger partial charge < -0.3 is 10.7 Å². The number of aryl methyl sites for hydroxylation is 1. The summed E-state index contributed by atoms with van der Waals surface area (Å²) in [5.74, 6) is 0. The molecular formula is C13H14N4O3S. The van der Waals surface area contributed by atoms with Crippen LogP contribution < -0.4 is 11.3 Å². The normalized spacial score (nSPS) is 10.5. The Hall–Kier alpha value is -2.35. The molecule has 8 heteroatoms. The van der Waals surface area contributed by atoms with E-state index >= 15 is 0 Å². The van der Waals surface area contributed by atoms with Crippen LogP contribution >= 0.6 is 11.8 Å². The molecule has 1 heterocycles. The average molecular weight is 306 g/mol. The number of aromatic amines is 1. The predicted molar refractivity (Wildman–Crippen MR) is 80.5 cm³/mol. The number of nitrogens with zero attached hydrogens (tertiary/aromatic N) is 2. The maximum absolute atomic E-state index is 11.6. The SMILES string of the molecule is CCCc1cc(=O)[nH]c(Sc2ccc([N+](=O)[O-])cc2N)n1. The van der Waals surface area contributed by atoms with Crippen molar-refractivity contribution in [3.63, 3.8) is 0 Å². The second-order valence-corrected chi connectivity index (χ2v) is 5.40. The standard InChI is InChI=1S/C13H14N4O3S/c1-2-3-8-6-12(18)16-13(15-8)21-11-5-4-9(17(19)20)7-10(11)14/h4-7H,2-3,14H2,1H3,(H,15,16,18). The molecule has 2 rings (SSSR count). The summed E-state index contributed by atoms with van der Waals surface area (Å²) in [7, 11) is 0. The molecule has 0 atom stereocenters. The summed E-state index contributed by atoms with van der Waals surface area (Å²) in [6, 6.07) is 5.67. The monoisotopic (exact) mass is 306 g/mol. The van der Waals surface area contributed by atoms with Gasteiger partial charge in [-0.15, -0.1) is 0 Å². The van der Waals surface area contributed by atoms with E-state index < -0.39 is 4.92 Å². The Kier molecular flexibility index (Phi) is 4.59. The van der Waals surface area contributed by atoms with Crippen LogP contribution in [-0.2, 0) is 6.42 Å². The lowest BCUT2D eigenvalue weighted by Crippen LogP contribution is -2.10. The number of nitro groups is 1. The number of rotatable bonds is 5. The first-order valence-electron chi connectivity index (χ1n) is 6.31. The van der Waals surface area contributed by atoms with Gasteiger partial charge in [0.2, 0.25) is 0 Å². The number of hydrogen-bond acceptors (Lipinski definition) is 6. The van der Waals surface area contributed by atoms with Gasteiger partial charge >= 0.3 is 0 Å². The molecule has 2 aromatic rings. The van der Waals surface area contributed by atoms with Gasteiger partial charge in [0, 0.05) is 28.8 Å². The van der Waals surface area contributed by atoms with Crippen molar-refractivity contribution < 1.29 is 4.92 Å². The fourth-order valence-electron chi connectivity index (χ4n) is 1.76. The molecule has 0 bridgehead atoms. The van der Waals surface area contributed by atoms with E-state index in [9.17, 15) is 14.9 Å². The third-order valence-electron chi connectivity index (χ3n) is 2.69. The van der Waals surface area contributed by atoms with Gasteiger partial charge in [0.15, 0.2) is 5.16 Å². The number of H-pyrrole nitrogens is 1. The van der Waals surface area contributed by atoms with Gasteiger partial charge in [-0.1, -0.05) is 13.3 Å². The highest BCUT2D eigenvalue weighted by Crippen LogP contribution is 2.31. The van der Waals surface area contributed by atoms with E-state index in [1.54, 1.807) is 6.07 Å². The Bertz CT molecular complexity index is 730. The van der Waals surface area contributed by atoms with Crippen LogP contribution in [0, 0.1) is 10.1 Å². The summed E-state index contributed by atoms with van der Waals surface area (Å²) >= 11 is 1.17. The average Bonchev–Trinajstić information content (AvgIpc) is 2.40. The van der Waals surface area contributed by atoms with Crippen LogP contribution in [0.2, 0.25) is 0 Å². The third kappa shape index (κ3) is 3.82. The molecular weight excluding hydrogens is 292 g/mol. The van der Waals surface area contributed by atoms with Gasteiger partial charge in [-0.2, -0.15) is 0 Å². The number of nitro benzene ring substituents is 1. The molecule has 0 saturated heterocycles. The Balaban J connectivity index is 2.29. The number of nitrogens with two attached hydrogens (primary N) is 1. The van der Waals surface area contributed by atoms with Crippen LogP contribution in [0.5, 0.6) is 0 Å². The predicted octanol–water partition coefficient (Wildman–Crippen LogP) is 2.36. The smallest absolute Gasteiger partial charge is 0.271 e. The quantitative estimate of drug-likeness (QED) is 0.379. The van der Waals surface area contributed by atoms with Gasteiger partial charge in [0.25, 0.3) is 11.2 Å². The second-order valence-electron chi connectivity index (χ2n) is 4.37. The highest BCUT2D eigenvalue weighted by Gasteiger charge is 2.11. The van der Waals surface area contributed by atoms with Gasteiger partial charge in [-0.05, 0) is 24.2 Å². The van der Waals surface area contributed by atoms with Gasteiger partial charge in [-0.3, -0.25) is 14.9 Å². The summed E-state index contributed by atoms with van der Waals surface area (Å²) in [5.41, 5.74) is 6.49. The molecule has 0 saturated carbocycles. The zero-order chi connectivity index (χ0) is 15.4. The molecule has 1 aromatic carbocycles. The second kappa shape index (κ2) is 6.40. The lowest BCUT2D eigenvalue weighted by Gasteiger charge is -2.05. The van der Waals surface area contributed by atoms with Gasteiger partial charge in [0.05, 0.1) is 10.6 Å². The summed E-state index contributed by atoms with van der Waals surface area (Å²) in [5, 5.41) is 11.1. The molecule has 0 radical (unpaired) electrons. The number of anilines is 1. The zero-order valence-corrected chi connectivity index (χ0v) is 12.1. The molecule has 1 aromatic heterocycles. The van der Waals surface area contributed by atoms with Crippen LogP contribution in [0.4, 0.5) is 11.4 Å². The first-order chi connectivity index (χ1) is 9.99.